The van der Waals surface area contributed by atoms with E-state index in [2.05, 4.69) is 5.32 Å². The van der Waals surface area contributed by atoms with Gasteiger partial charge in [0.2, 0.25) is 0 Å². The van der Waals surface area contributed by atoms with Crippen LogP contribution in [0.3, 0.4) is 0 Å². The van der Waals surface area contributed by atoms with Gasteiger partial charge in [-0.05, 0) is 39.0 Å². The predicted molar refractivity (Wildman–Crippen MR) is 70.7 cm³/mol. The van der Waals surface area contributed by atoms with Crippen molar-refractivity contribution in [1.29, 1.82) is 0 Å². The van der Waals surface area contributed by atoms with Crippen LogP contribution in [0.2, 0.25) is 0 Å². The Labute approximate surface area is 120 Å². The van der Waals surface area contributed by atoms with Crippen LogP contribution in [0.1, 0.15) is 26.3 Å². The second-order valence-electron chi connectivity index (χ2n) is 5.74. The number of aliphatic hydroxyl groups excluding tert-OH is 1. The number of hydrogen-bond acceptors (Lipinski definition) is 3. The highest BCUT2D eigenvalue weighted by Crippen LogP contribution is 2.33. The van der Waals surface area contributed by atoms with Crippen molar-refractivity contribution in [3.63, 3.8) is 0 Å². The van der Waals surface area contributed by atoms with Crippen LogP contribution in [0.25, 0.3) is 0 Å². The first-order valence-electron chi connectivity index (χ1n) is 6.42. The van der Waals surface area contributed by atoms with Crippen LogP contribution in [-0.2, 0) is 6.18 Å². The lowest BCUT2D eigenvalue weighted by atomic mass is 10.1. The van der Waals surface area contributed by atoms with Crippen molar-refractivity contribution >= 4 is 0 Å². The van der Waals surface area contributed by atoms with Crippen molar-refractivity contribution in [3.05, 3.63) is 29.6 Å². The van der Waals surface area contributed by atoms with E-state index >= 15 is 0 Å². The van der Waals surface area contributed by atoms with Crippen molar-refractivity contribution < 1.29 is 27.4 Å². The molecule has 1 aromatic rings. The van der Waals surface area contributed by atoms with E-state index in [1.807, 2.05) is 20.8 Å². The first-order chi connectivity index (χ1) is 9.49. The maximum atomic E-state index is 13.1. The summed E-state index contributed by atoms with van der Waals surface area (Å²) in [6, 6.07) is 2.37. The zero-order chi connectivity index (χ0) is 16.3. The Kier molecular flexibility index (Phi) is 5.58. The number of alkyl halides is 3. The maximum Gasteiger partial charge on any atom is 0.419 e. The summed E-state index contributed by atoms with van der Waals surface area (Å²) in [6.45, 7) is 5.78. The Morgan fingerprint density at radius 3 is 2.38 bits per heavy atom. The Morgan fingerprint density at radius 1 is 1.24 bits per heavy atom. The number of nitrogens with one attached hydrogen (secondary N) is 1. The molecular formula is C14H19F4NO2. The van der Waals surface area contributed by atoms with E-state index in [1.54, 1.807) is 0 Å². The molecule has 0 heterocycles. The summed E-state index contributed by atoms with van der Waals surface area (Å²) in [5.41, 5.74) is -1.58. The molecule has 1 rings (SSSR count). The largest absolute Gasteiger partial charge is 0.491 e. The van der Waals surface area contributed by atoms with E-state index in [1.165, 1.54) is 0 Å². The molecule has 0 amide bonds. The summed E-state index contributed by atoms with van der Waals surface area (Å²) >= 11 is 0. The molecule has 7 heteroatoms. The topological polar surface area (TPSA) is 41.5 Å². The predicted octanol–water partition coefficient (Wildman–Crippen LogP) is 2.97. The van der Waals surface area contributed by atoms with Gasteiger partial charge in [-0.3, -0.25) is 0 Å². The number of benzene rings is 1. The van der Waals surface area contributed by atoms with Gasteiger partial charge < -0.3 is 15.2 Å². The highest BCUT2D eigenvalue weighted by Gasteiger charge is 2.34. The molecule has 21 heavy (non-hydrogen) atoms. The van der Waals surface area contributed by atoms with Gasteiger partial charge in [0.25, 0.3) is 0 Å². The van der Waals surface area contributed by atoms with Crippen LogP contribution in [0.4, 0.5) is 17.6 Å². The molecule has 0 saturated heterocycles. The first kappa shape index (κ1) is 17.7. The van der Waals surface area contributed by atoms with Gasteiger partial charge in [-0.15, -0.1) is 0 Å². The molecule has 0 aliphatic carbocycles. The fourth-order valence-electron chi connectivity index (χ4n) is 1.49. The summed E-state index contributed by atoms with van der Waals surface area (Å²) < 4.78 is 55.7. The molecule has 0 aliphatic heterocycles. The average Bonchev–Trinajstić information content (AvgIpc) is 2.33. The van der Waals surface area contributed by atoms with Crippen molar-refractivity contribution in [2.24, 2.45) is 0 Å². The maximum absolute atomic E-state index is 13.1. The minimum atomic E-state index is -4.78. The SMILES string of the molecule is CC(C)(C)NCC(O)COc1ccc(F)c(C(F)(F)F)c1. The number of β-amino-alcohol motifs (C(OH)–C–C–N with tert-alkyl or cyclic N) is 1. The normalized spacial score (nSPS) is 14.1. The second kappa shape index (κ2) is 6.62. The minimum Gasteiger partial charge on any atom is -0.491 e. The highest BCUT2D eigenvalue weighted by molar-refractivity contribution is 5.31. The molecule has 2 N–H and O–H groups in total. The monoisotopic (exact) mass is 309 g/mol. The molecule has 0 spiro atoms. The number of halogens is 4. The van der Waals surface area contributed by atoms with Crippen LogP contribution in [0.15, 0.2) is 18.2 Å². The van der Waals surface area contributed by atoms with Crippen molar-refractivity contribution in [3.8, 4) is 5.75 Å². The van der Waals surface area contributed by atoms with E-state index < -0.39 is 23.7 Å². The Balaban J connectivity index is 2.60. The fourth-order valence-corrected chi connectivity index (χ4v) is 1.49. The van der Waals surface area contributed by atoms with Crippen LogP contribution < -0.4 is 10.1 Å². The minimum absolute atomic E-state index is 0.140. The van der Waals surface area contributed by atoms with Gasteiger partial charge in [0.1, 0.15) is 24.3 Å². The summed E-state index contributed by atoms with van der Waals surface area (Å²) in [6.07, 6.45) is -5.67. The average molecular weight is 309 g/mol. The molecule has 1 unspecified atom stereocenters. The standard InChI is InChI=1S/C14H19F4NO2/c1-13(2,3)19-7-9(20)8-21-10-4-5-12(15)11(6-10)14(16,17)18/h4-6,9,19-20H,7-8H2,1-3H3. The quantitative estimate of drug-likeness (QED) is 0.822. The molecule has 0 saturated carbocycles. The lowest BCUT2D eigenvalue weighted by Crippen LogP contribution is -2.42. The zero-order valence-corrected chi connectivity index (χ0v) is 12.1. The van der Waals surface area contributed by atoms with Gasteiger partial charge in [-0.25, -0.2) is 4.39 Å². The molecular weight excluding hydrogens is 290 g/mol. The van der Waals surface area contributed by atoms with Gasteiger partial charge in [0.15, 0.2) is 0 Å². The molecule has 0 radical (unpaired) electrons. The Morgan fingerprint density at radius 2 is 1.86 bits per heavy atom. The summed E-state index contributed by atoms with van der Waals surface area (Å²) in [7, 11) is 0. The van der Waals surface area contributed by atoms with Crippen LogP contribution in [0.5, 0.6) is 5.75 Å². The lowest BCUT2D eigenvalue weighted by Gasteiger charge is -2.23. The second-order valence-corrected chi connectivity index (χ2v) is 5.74. The number of ether oxygens (including phenoxy) is 1. The van der Waals surface area contributed by atoms with Crippen LogP contribution in [-0.4, -0.2) is 29.9 Å². The third kappa shape index (κ3) is 6.31. The van der Waals surface area contributed by atoms with E-state index in [-0.39, 0.29) is 24.4 Å². The van der Waals surface area contributed by atoms with Crippen LogP contribution in [0, 0.1) is 5.82 Å². The number of rotatable bonds is 5. The molecule has 0 fully saturated rings. The molecule has 3 nitrogen and oxygen atoms in total. The summed E-state index contributed by atoms with van der Waals surface area (Å²) in [5.74, 6) is -1.50. The molecule has 120 valence electrons. The molecule has 1 atom stereocenters. The summed E-state index contributed by atoms with van der Waals surface area (Å²) in [4.78, 5) is 0. The third-order valence-corrected chi connectivity index (χ3v) is 2.55. The molecule has 0 aromatic heterocycles. The highest BCUT2D eigenvalue weighted by atomic mass is 19.4. The summed E-state index contributed by atoms with van der Waals surface area (Å²) in [5, 5.41) is 12.7. The van der Waals surface area contributed by atoms with Crippen molar-refractivity contribution in [1.82, 2.24) is 5.32 Å². The van der Waals surface area contributed by atoms with Gasteiger partial charge in [0.05, 0.1) is 5.56 Å². The number of aliphatic hydroxyl groups is 1. The molecule has 1 aromatic carbocycles. The van der Waals surface area contributed by atoms with E-state index in [0.717, 1.165) is 6.07 Å². The van der Waals surface area contributed by atoms with Crippen LogP contribution >= 0.6 is 0 Å². The fraction of sp³-hybridized carbons (Fsp3) is 0.571. The van der Waals surface area contributed by atoms with E-state index in [9.17, 15) is 22.7 Å². The molecule has 0 aliphatic rings. The Bertz CT molecular complexity index is 469. The third-order valence-electron chi connectivity index (χ3n) is 2.55. The Hall–Kier alpha value is -1.34. The molecule has 0 bridgehead atoms. The van der Waals surface area contributed by atoms with Gasteiger partial charge >= 0.3 is 6.18 Å². The van der Waals surface area contributed by atoms with Crippen molar-refractivity contribution in [2.45, 2.75) is 38.6 Å². The first-order valence-corrected chi connectivity index (χ1v) is 6.42. The van der Waals surface area contributed by atoms with Crippen molar-refractivity contribution in [2.75, 3.05) is 13.2 Å². The van der Waals surface area contributed by atoms with Gasteiger partial charge in [0, 0.05) is 12.1 Å². The van der Waals surface area contributed by atoms with Gasteiger partial charge in [-0.1, -0.05) is 0 Å². The van der Waals surface area contributed by atoms with Gasteiger partial charge in [-0.2, -0.15) is 13.2 Å². The smallest absolute Gasteiger partial charge is 0.419 e. The van der Waals surface area contributed by atoms with E-state index in [4.69, 9.17) is 4.74 Å². The number of hydrogen-bond donors (Lipinski definition) is 2. The van der Waals surface area contributed by atoms with E-state index in [0.29, 0.717) is 12.1 Å². The zero-order valence-electron chi connectivity index (χ0n) is 12.1. The lowest BCUT2D eigenvalue weighted by molar-refractivity contribution is -0.140.